The molecule has 14 heavy (non-hydrogen) atoms. The van der Waals surface area contributed by atoms with Crippen LogP contribution in [0.2, 0.25) is 0 Å². The highest BCUT2D eigenvalue weighted by molar-refractivity contribution is 5.79. The number of hydrogen-bond donors (Lipinski definition) is 2. The first-order chi connectivity index (χ1) is 6.66. The summed E-state index contributed by atoms with van der Waals surface area (Å²) in [4.78, 5) is 13.3. The summed E-state index contributed by atoms with van der Waals surface area (Å²) in [5, 5.41) is 3.35. The van der Waals surface area contributed by atoms with Gasteiger partial charge in [0.15, 0.2) is 0 Å². The molecule has 4 nitrogen and oxygen atoms in total. The summed E-state index contributed by atoms with van der Waals surface area (Å²) in [6.07, 6.45) is 2.35. The average Bonchev–Trinajstić information content (AvgIpc) is 2.20. The minimum Gasteiger partial charge on any atom is -0.368 e. The van der Waals surface area contributed by atoms with Crippen LogP contribution in [-0.2, 0) is 4.79 Å². The molecule has 0 aromatic heterocycles. The second-order valence-corrected chi connectivity index (χ2v) is 3.91. The van der Waals surface area contributed by atoms with E-state index in [4.69, 9.17) is 5.73 Å². The highest BCUT2D eigenvalue weighted by Gasteiger charge is 2.26. The van der Waals surface area contributed by atoms with Gasteiger partial charge in [-0.2, -0.15) is 0 Å². The largest absolute Gasteiger partial charge is 0.368 e. The minimum absolute atomic E-state index is 0.148. The number of nitrogens with two attached hydrogens (primary N) is 1. The number of carbonyl (C=O) groups excluding carboxylic acids is 1. The number of amides is 1. The van der Waals surface area contributed by atoms with Crippen molar-refractivity contribution in [1.82, 2.24) is 10.2 Å². The second kappa shape index (κ2) is 5.32. The molecule has 0 bridgehead atoms. The Hall–Kier alpha value is -0.610. The third-order valence-corrected chi connectivity index (χ3v) is 3.01. The second-order valence-electron chi connectivity index (χ2n) is 3.91. The number of primary amides is 1. The maximum Gasteiger partial charge on any atom is 0.234 e. The molecule has 1 aliphatic rings. The Bertz CT molecular complexity index is 190. The molecule has 1 aliphatic heterocycles. The van der Waals surface area contributed by atoms with Gasteiger partial charge in [-0.25, -0.2) is 0 Å². The van der Waals surface area contributed by atoms with Crippen LogP contribution in [0, 0.1) is 0 Å². The zero-order valence-corrected chi connectivity index (χ0v) is 9.12. The van der Waals surface area contributed by atoms with Gasteiger partial charge in [0.05, 0.1) is 6.04 Å². The summed E-state index contributed by atoms with van der Waals surface area (Å²) in [5.74, 6) is -0.225. The number of nitrogens with one attached hydrogen (secondary N) is 1. The summed E-state index contributed by atoms with van der Waals surface area (Å²) >= 11 is 0. The van der Waals surface area contributed by atoms with Gasteiger partial charge in [0.2, 0.25) is 5.91 Å². The lowest BCUT2D eigenvalue weighted by molar-refractivity contribution is -0.123. The van der Waals surface area contributed by atoms with E-state index < -0.39 is 0 Å². The number of nitrogens with zero attached hydrogens (tertiary/aromatic N) is 1. The third-order valence-electron chi connectivity index (χ3n) is 3.01. The molecular formula is C10H21N3O. The topological polar surface area (TPSA) is 58.4 Å². The van der Waals surface area contributed by atoms with Crippen molar-refractivity contribution in [2.45, 2.75) is 38.8 Å². The highest BCUT2D eigenvalue weighted by atomic mass is 16.1. The summed E-state index contributed by atoms with van der Waals surface area (Å²) in [6.45, 7) is 6.93. The fourth-order valence-electron chi connectivity index (χ4n) is 2.13. The van der Waals surface area contributed by atoms with Crippen molar-refractivity contribution in [3.8, 4) is 0 Å². The first-order valence-corrected chi connectivity index (χ1v) is 5.42. The van der Waals surface area contributed by atoms with Crippen LogP contribution in [0.25, 0.3) is 0 Å². The van der Waals surface area contributed by atoms with E-state index in [-0.39, 0.29) is 11.9 Å². The molecule has 0 aromatic carbocycles. The summed E-state index contributed by atoms with van der Waals surface area (Å²) < 4.78 is 0. The van der Waals surface area contributed by atoms with Crippen LogP contribution in [0.1, 0.15) is 26.7 Å². The van der Waals surface area contributed by atoms with Crippen molar-refractivity contribution in [2.75, 3.05) is 19.6 Å². The Morgan fingerprint density at radius 1 is 1.71 bits per heavy atom. The maximum atomic E-state index is 11.1. The van der Waals surface area contributed by atoms with E-state index in [1.54, 1.807) is 0 Å². The first kappa shape index (κ1) is 11.5. The van der Waals surface area contributed by atoms with Gasteiger partial charge < -0.3 is 11.1 Å². The van der Waals surface area contributed by atoms with Crippen LogP contribution in [0.5, 0.6) is 0 Å². The minimum atomic E-state index is -0.225. The molecule has 1 amide bonds. The number of carbonyl (C=O) groups is 1. The summed E-state index contributed by atoms with van der Waals surface area (Å²) in [7, 11) is 0. The SMILES string of the molecule is CCN(C1CCCNC1)C(C)C(N)=O. The van der Waals surface area contributed by atoms with E-state index in [9.17, 15) is 4.79 Å². The number of likely N-dealkylation sites (N-methyl/N-ethyl adjacent to an activating group) is 1. The Morgan fingerprint density at radius 3 is 2.86 bits per heavy atom. The van der Waals surface area contributed by atoms with Gasteiger partial charge in [-0.15, -0.1) is 0 Å². The Balaban J connectivity index is 2.55. The fourth-order valence-corrected chi connectivity index (χ4v) is 2.13. The molecule has 1 rings (SSSR count). The molecular weight excluding hydrogens is 178 g/mol. The van der Waals surface area contributed by atoms with E-state index in [2.05, 4.69) is 17.1 Å². The molecule has 2 atom stereocenters. The lowest BCUT2D eigenvalue weighted by Gasteiger charge is -2.36. The molecule has 82 valence electrons. The van der Waals surface area contributed by atoms with Gasteiger partial charge in [0, 0.05) is 12.6 Å². The predicted octanol–water partition coefficient (Wildman–Crippen LogP) is -0.0659. The van der Waals surface area contributed by atoms with Crippen molar-refractivity contribution in [3.63, 3.8) is 0 Å². The van der Waals surface area contributed by atoms with E-state index in [1.807, 2.05) is 6.92 Å². The molecule has 1 fully saturated rings. The monoisotopic (exact) mass is 199 g/mol. The first-order valence-electron chi connectivity index (χ1n) is 5.42. The lowest BCUT2D eigenvalue weighted by atomic mass is 10.0. The van der Waals surface area contributed by atoms with Crippen molar-refractivity contribution < 1.29 is 4.79 Å². The van der Waals surface area contributed by atoms with Crippen molar-refractivity contribution in [1.29, 1.82) is 0 Å². The van der Waals surface area contributed by atoms with E-state index in [0.717, 1.165) is 19.6 Å². The van der Waals surface area contributed by atoms with Crippen LogP contribution in [0.15, 0.2) is 0 Å². The molecule has 0 aliphatic carbocycles. The third kappa shape index (κ3) is 2.69. The molecule has 0 saturated carbocycles. The van der Waals surface area contributed by atoms with Gasteiger partial charge in [-0.3, -0.25) is 9.69 Å². The van der Waals surface area contributed by atoms with Gasteiger partial charge >= 0.3 is 0 Å². The molecule has 1 heterocycles. The summed E-state index contributed by atoms with van der Waals surface area (Å²) in [5.41, 5.74) is 5.32. The number of rotatable bonds is 4. The average molecular weight is 199 g/mol. The van der Waals surface area contributed by atoms with Gasteiger partial charge in [0.1, 0.15) is 0 Å². The Labute approximate surface area is 85.8 Å². The zero-order valence-electron chi connectivity index (χ0n) is 9.12. The normalized spacial score (nSPS) is 24.9. The van der Waals surface area contributed by atoms with Crippen molar-refractivity contribution >= 4 is 5.91 Å². The highest BCUT2D eigenvalue weighted by Crippen LogP contribution is 2.13. The zero-order chi connectivity index (χ0) is 10.6. The molecule has 1 saturated heterocycles. The van der Waals surface area contributed by atoms with Crippen molar-refractivity contribution in [3.05, 3.63) is 0 Å². The van der Waals surface area contributed by atoms with Crippen molar-refractivity contribution in [2.24, 2.45) is 5.73 Å². The molecule has 4 heteroatoms. The Morgan fingerprint density at radius 2 is 2.43 bits per heavy atom. The number of hydrogen-bond acceptors (Lipinski definition) is 3. The summed E-state index contributed by atoms with van der Waals surface area (Å²) in [6, 6.07) is 0.321. The quantitative estimate of drug-likeness (QED) is 0.666. The van der Waals surface area contributed by atoms with E-state index in [0.29, 0.717) is 6.04 Å². The maximum absolute atomic E-state index is 11.1. The molecule has 3 N–H and O–H groups in total. The van der Waals surface area contributed by atoms with Gasteiger partial charge in [-0.05, 0) is 32.9 Å². The van der Waals surface area contributed by atoms with Crippen LogP contribution in [-0.4, -0.2) is 42.5 Å². The van der Waals surface area contributed by atoms with Crippen LogP contribution >= 0.6 is 0 Å². The van der Waals surface area contributed by atoms with Crippen LogP contribution < -0.4 is 11.1 Å². The smallest absolute Gasteiger partial charge is 0.234 e. The van der Waals surface area contributed by atoms with Gasteiger partial charge in [-0.1, -0.05) is 6.92 Å². The molecule has 0 aromatic rings. The number of piperidine rings is 1. The standard InChI is InChI=1S/C10H21N3O/c1-3-13(8(2)10(11)14)9-5-4-6-12-7-9/h8-9,12H,3-7H2,1-2H3,(H2,11,14). The lowest BCUT2D eigenvalue weighted by Crippen LogP contribution is -2.53. The Kier molecular flexibility index (Phi) is 4.35. The van der Waals surface area contributed by atoms with E-state index >= 15 is 0 Å². The van der Waals surface area contributed by atoms with Crippen LogP contribution in [0.4, 0.5) is 0 Å². The van der Waals surface area contributed by atoms with E-state index in [1.165, 1.54) is 12.8 Å². The molecule has 0 radical (unpaired) electrons. The van der Waals surface area contributed by atoms with Gasteiger partial charge in [0.25, 0.3) is 0 Å². The fraction of sp³-hybridized carbons (Fsp3) is 0.900. The molecule has 0 spiro atoms. The molecule has 2 unspecified atom stereocenters. The van der Waals surface area contributed by atoms with Crippen LogP contribution in [0.3, 0.4) is 0 Å². The predicted molar refractivity (Wildman–Crippen MR) is 56.9 cm³/mol.